The highest BCUT2D eigenvalue weighted by atomic mass is 35.5. The van der Waals surface area contributed by atoms with Gasteiger partial charge in [-0.25, -0.2) is 0 Å². The molecule has 0 radical (unpaired) electrons. The highest BCUT2D eigenvalue weighted by Crippen LogP contribution is 2.24. The Balaban J connectivity index is 1.78. The van der Waals surface area contributed by atoms with Gasteiger partial charge in [-0.2, -0.15) is 9.47 Å². The summed E-state index contributed by atoms with van der Waals surface area (Å²) >= 11 is 7.36. The number of halogens is 1. The average Bonchev–Trinajstić information content (AvgIpc) is 3.12. The molecular weight excluding hydrogens is 374 g/mol. The van der Waals surface area contributed by atoms with Crippen LogP contribution in [0.5, 0.6) is 0 Å². The molecule has 0 bridgehead atoms. The molecule has 0 aliphatic carbocycles. The molecule has 0 aliphatic heterocycles. The van der Waals surface area contributed by atoms with Crippen molar-refractivity contribution in [2.24, 2.45) is 7.05 Å². The highest BCUT2D eigenvalue weighted by Gasteiger charge is 2.18. The van der Waals surface area contributed by atoms with Crippen molar-refractivity contribution >= 4 is 46.5 Å². The number of amides is 2. The number of benzene rings is 1. The van der Waals surface area contributed by atoms with E-state index in [1.807, 2.05) is 13.8 Å². The number of hydrogen-bond donors (Lipinski definition) is 2. The number of anilines is 2. The second kappa shape index (κ2) is 7.27. The van der Waals surface area contributed by atoms with E-state index >= 15 is 0 Å². The van der Waals surface area contributed by atoms with E-state index < -0.39 is 0 Å². The van der Waals surface area contributed by atoms with Gasteiger partial charge in [0, 0.05) is 18.0 Å². The molecular formula is C17H16ClN5O2S. The molecule has 0 atom stereocenters. The number of carbonyl (C=O) groups excluding carboxylic acids is 2. The summed E-state index contributed by atoms with van der Waals surface area (Å²) in [6.07, 6.45) is 0. The summed E-state index contributed by atoms with van der Waals surface area (Å²) in [5.41, 5.74) is 1.97. The molecule has 1 aromatic carbocycles. The number of hydrogen-bond acceptors (Lipinski definition) is 5. The third-order valence-electron chi connectivity index (χ3n) is 3.74. The van der Waals surface area contributed by atoms with E-state index in [2.05, 4.69) is 20.1 Å². The predicted molar refractivity (Wildman–Crippen MR) is 102 cm³/mol. The van der Waals surface area contributed by atoms with Gasteiger partial charge in [-0.15, -0.1) is 0 Å². The van der Waals surface area contributed by atoms with E-state index in [0.29, 0.717) is 22.1 Å². The third-order valence-corrected chi connectivity index (χ3v) is 4.92. The first-order valence-corrected chi connectivity index (χ1v) is 8.86. The number of nitrogens with one attached hydrogen (secondary N) is 2. The summed E-state index contributed by atoms with van der Waals surface area (Å²) in [5, 5.41) is 10.0. The Morgan fingerprint density at radius 3 is 2.54 bits per heavy atom. The van der Waals surface area contributed by atoms with E-state index in [1.165, 1.54) is 22.3 Å². The van der Waals surface area contributed by atoms with Crippen LogP contribution in [0.3, 0.4) is 0 Å². The quantitative estimate of drug-likeness (QED) is 0.712. The normalized spacial score (nSPS) is 10.6. The molecule has 0 fully saturated rings. The smallest absolute Gasteiger partial charge is 0.276 e. The maximum atomic E-state index is 12.4. The van der Waals surface area contributed by atoms with Gasteiger partial charge in [0.1, 0.15) is 5.82 Å². The monoisotopic (exact) mass is 389 g/mol. The van der Waals surface area contributed by atoms with Crippen molar-refractivity contribution in [1.29, 1.82) is 0 Å². The van der Waals surface area contributed by atoms with Crippen LogP contribution in [0.1, 0.15) is 31.4 Å². The summed E-state index contributed by atoms with van der Waals surface area (Å²) < 4.78 is 5.62. The third kappa shape index (κ3) is 3.61. The van der Waals surface area contributed by atoms with Crippen molar-refractivity contribution in [3.8, 4) is 0 Å². The Morgan fingerprint density at radius 2 is 1.88 bits per heavy atom. The Kier molecular flexibility index (Phi) is 5.06. The lowest BCUT2D eigenvalue weighted by molar-refractivity contribution is 0.101. The van der Waals surface area contributed by atoms with Crippen LogP contribution < -0.4 is 10.6 Å². The molecule has 134 valence electrons. The first-order chi connectivity index (χ1) is 12.4. The van der Waals surface area contributed by atoms with Gasteiger partial charge in [0.2, 0.25) is 0 Å². The van der Waals surface area contributed by atoms with Crippen LogP contribution in [0.4, 0.5) is 11.5 Å². The minimum Gasteiger partial charge on any atom is -0.318 e. The Labute approximate surface area is 159 Å². The van der Waals surface area contributed by atoms with Crippen molar-refractivity contribution in [1.82, 2.24) is 14.2 Å². The molecule has 0 unspecified atom stereocenters. The molecule has 0 saturated carbocycles. The molecule has 3 aromatic rings. The standard InChI is InChI=1S/C17H16ClN5O2S/c1-9-15(10(2)26-22-9)20-17(25)13-8-14(23(3)21-13)19-16(24)11-6-4-5-7-12(11)18/h4-8H,1-3H3,(H,19,24)(H,20,25). The molecule has 0 spiro atoms. The van der Waals surface area contributed by atoms with Crippen molar-refractivity contribution in [2.75, 3.05) is 10.6 Å². The number of carbonyl (C=O) groups is 2. The van der Waals surface area contributed by atoms with Crippen LogP contribution in [0, 0.1) is 13.8 Å². The molecule has 0 saturated heterocycles. The fourth-order valence-electron chi connectivity index (χ4n) is 2.36. The van der Waals surface area contributed by atoms with E-state index in [4.69, 9.17) is 11.6 Å². The van der Waals surface area contributed by atoms with E-state index in [-0.39, 0.29) is 17.5 Å². The summed E-state index contributed by atoms with van der Waals surface area (Å²) in [5.74, 6) is -0.360. The maximum absolute atomic E-state index is 12.4. The Bertz CT molecular complexity index is 975. The lowest BCUT2D eigenvalue weighted by Gasteiger charge is -2.06. The van der Waals surface area contributed by atoms with Gasteiger partial charge in [0.15, 0.2) is 5.69 Å². The van der Waals surface area contributed by atoms with Gasteiger partial charge >= 0.3 is 0 Å². The van der Waals surface area contributed by atoms with Gasteiger partial charge in [0.25, 0.3) is 11.8 Å². The second-order valence-corrected chi connectivity index (χ2v) is 7.01. The zero-order chi connectivity index (χ0) is 18.8. The van der Waals surface area contributed by atoms with E-state index in [9.17, 15) is 9.59 Å². The molecule has 0 aliphatic rings. The predicted octanol–water partition coefficient (Wildman–Crippen LogP) is 3.65. The zero-order valence-electron chi connectivity index (χ0n) is 14.3. The summed E-state index contributed by atoms with van der Waals surface area (Å²) in [4.78, 5) is 25.7. The second-order valence-electron chi connectivity index (χ2n) is 5.63. The highest BCUT2D eigenvalue weighted by molar-refractivity contribution is 7.06. The fraction of sp³-hybridized carbons (Fsp3) is 0.176. The van der Waals surface area contributed by atoms with Gasteiger partial charge in [-0.3, -0.25) is 14.3 Å². The molecule has 26 heavy (non-hydrogen) atoms. The molecule has 2 aromatic heterocycles. The van der Waals surface area contributed by atoms with E-state index in [1.54, 1.807) is 31.3 Å². The molecule has 2 amide bonds. The number of aryl methyl sites for hydroxylation is 3. The van der Waals surface area contributed by atoms with Crippen LogP contribution in [0.2, 0.25) is 5.02 Å². The number of nitrogens with zero attached hydrogens (tertiary/aromatic N) is 3. The Hall–Kier alpha value is -2.71. The van der Waals surface area contributed by atoms with Gasteiger partial charge in [-0.05, 0) is 37.5 Å². The van der Waals surface area contributed by atoms with Crippen LogP contribution in [0.15, 0.2) is 30.3 Å². The van der Waals surface area contributed by atoms with Gasteiger partial charge in [0.05, 0.1) is 22.0 Å². The first kappa shape index (κ1) is 18.1. The fourth-order valence-corrected chi connectivity index (χ4v) is 3.24. The van der Waals surface area contributed by atoms with Crippen LogP contribution in [0.25, 0.3) is 0 Å². The first-order valence-electron chi connectivity index (χ1n) is 7.71. The number of rotatable bonds is 4. The van der Waals surface area contributed by atoms with Crippen molar-refractivity contribution in [2.45, 2.75) is 13.8 Å². The topological polar surface area (TPSA) is 88.9 Å². The van der Waals surface area contributed by atoms with Crippen molar-refractivity contribution < 1.29 is 9.59 Å². The lowest BCUT2D eigenvalue weighted by atomic mass is 10.2. The summed E-state index contributed by atoms with van der Waals surface area (Å²) in [7, 11) is 1.64. The SMILES string of the molecule is Cc1nsc(C)c1NC(=O)c1cc(NC(=O)c2ccccc2Cl)n(C)n1. The van der Waals surface area contributed by atoms with Gasteiger partial charge in [-0.1, -0.05) is 23.7 Å². The number of aromatic nitrogens is 3. The molecule has 7 nitrogen and oxygen atoms in total. The Morgan fingerprint density at radius 1 is 1.15 bits per heavy atom. The van der Waals surface area contributed by atoms with E-state index in [0.717, 1.165) is 10.6 Å². The molecule has 9 heteroatoms. The van der Waals surface area contributed by atoms with Crippen molar-refractivity contribution in [3.63, 3.8) is 0 Å². The summed E-state index contributed by atoms with van der Waals surface area (Å²) in [6, 6.07) is 8.24. The van der Waals surface area contributed by atoms with Crippen LogP contribution >= 0.6 is 23.1 Å². The largest absolute Gasteiger partial charge is 0.318 e. The van der Waals surface area contributed by atoms with Crippen molar-refractivity contribution in [3.05, 3.63) is 57.2 Å². The van der Waals surface area contributed by atoms with Gasteiger partial charge < -0.3 is 10.6 Å². The minimum absolute atomic E-state index is 0.187. The molecule has 3 rings (SSSR count). The molecule has 2 heterocycles. The summed E-state index contributed by atoms with van der Waals surface area (Å²) in [6.45, 7) is 3.71. The minimum atomic E-state index is -0.376. The van der Waals surface area contributed by atoms with Crippen LogP contribution in [-0.2, 0) is 7.05 Å². The lowest BCUT2D eigenvalue weighted by Crippen LogP contribution is -2.14. The maximum Gasteiger partial charge on any atom is 0.276 e. The molecule has 2 N–H and O–H groups in total. The zero-order valence-corrected chi connectivity index (χ0v) is 15.9. The van der Waals surface area contributed by atoms with Crippen LogP contribution in [-0.4, -0.2) is 26.0 Å². The average molecular weight is 390 g/mol.